The average Bonchev–Trinajstić information content (AvgIpc) is 2.78. The minimum absolute atomic E-state index is 0.0733. The highest BCUT2D eigenvalue weighted by Crippen LogP contribution is 2.26. The maximum atomic E-state index is 9.02. The molecule has 1 aromatic heterocycles. The van der Waals surface area contributed by atoms with Crippen molar-refractivity contribution in [3.63, 3.8) is 0 Å². The van der Waals surface area contributed by atoms with Gasteiger partial charge in [0.05, 0.1) is 12.3 Å². The van der Waals surface area contributed by atoms with Crippen LogP contribution in [0.15, 0.2) is 10.7 Å². The lowest BCUT2D eigenvalue weighted by Crippen LogP contribution is -2.26. The van der Waals surface area contributed by atoms with Crippen LogP contribution in [0.5, 0.6) is 0 Å². The Hall–Kier alpha value is -0.870. The third kappa shape index (κ3) is 2.38. The van der Waals surface area contributed by atoms with Gasteiger partial charge in [-0.1, -0.05) is 6.92 Å². The van der Waals surface area contributed by atoms with Gasteiger partial charge in [0.2, 0.25) is 0 Å². The second-order valence-corrected chi connectivity index (χ2v) is 4.22. The van der Waals surface area contributed by atoms with Gasteiger partial charge in [-0.25, -0.2) is 4.98 Å². The van der Waals surface area contributed by atoms with Crippen LogP contribution in [-0.4, -0.2) is 29.8 Å². The molecule has 1 saturated heterocycles. The largest absolute Gasteiger partial charge is 0.448 e. The summed E-state index contributed by atoms with van der Waals surface area (Å²) in [6.07, 6.45) is 3.86. The summed E-state index contributed by atoms with van der Waals surface area (Å²) in [4.78, 5) is 4.45. The Labute approximate surface area is 89.7 Å². The molecule has 1 aliphatic heterocycles. The summed E-state index contributed by atoms with van der Waals surface area (Å²) >= 11 is 0. The molecule has 0 spiro atoms. The highest BCUT2D eigenvalue weighted by atomic mass is 16.3. The zero-order valence-corrected chi connectivity index (χ0v) is 9.07. The van der Waals surface area contributed by atoms with Crippen molar-refractivity contribution in [3.8, 4) is 0 Å². The molecule has 2 N–H and O–H groups in total. The summed E-state index contributed by atoms with van der Waals surface area (Å²) < 4.78 is 5.48. The van der Waals surface area contributed by atoms with Gasteiger partial charge in [-0.15, -0.1) is 0 Å². The first-order valence-corrected chi connectivity index (χ1v) is 5.58. The number of nitrogens with one attached hydrogen (secondary N) is 1. The lowest BCUT2D eigenvalue weighted by Gasteiger charge is -2.19. The molecular formula is C11H18N2O2. The van der Waals surface area contributed by atoms with Gasteiger partial charge in [0.15, 0.2) is 5.89 Å². The van der Waals surface area contributed by atoms with E-state index in [9.17, 15) is 0 Å². The molecule has 2 heterocycles. The van der Waals surface area contributed by atoms with E-state index >= 15 is 0 Å². The predicted molar refractivity (Wildman–Crippen MR) is 56.8 cm³/mol. The zero-order chi connectivity index (χ0) is 10.7. The molecule has 0 aromatic carbocycles. The monoisotopic (exact) mass is 210 g/mol. The fourth-order valence-corrected chi connectivity index (χ4v) is 1.88. The van der Waals surface area contributed by atoms with E-state index in [-0.39, 0.29) is 12.5 Å². The van der Waals surface area contributed by atoms with Crippen LogP contribution in [0.3, 0.4) is 0 Å². The molecule has 1 aliphatic rings. The molecule has 0 saturated carbocycles. The van der Waals surface area contributed by atoms with Crippen molar-refractivity contribution in [2.75, 3.05) is 19.7 Å². The molecule has 0 bridgehead atoms. The SMILES string of the molecule is CC(CO)c1coc(C2CCNCC2)n1. The first-order chi connectivity index (χ1) is 7.31. The maximum absolute atomic E-state index is 9.02. The number of nitrogens with zero attached hydrogens (tertiary/aromatic N) is 1. The van der Waals surface area contributed by atoms with E-state index in [1.807, 2.05) is 6.92 Å². The summed E-state index contributed by atoms with van der Waals surface area (Å²) in [6.45, 7) is 4.15. The van der Waals surface area contributed by atoms with Crippen molar-refractivity contribution < 1.29 is 9.52 Å². The van der Waals surface area contributed by atoms with Crippen LogP contribution in [0, 0.1) is 0 Å². The Morgan fingerprint density at radius 2 is 2.33 bits per heavy atom. The summed E-state index contributed by atoms with van der Waals surface area (Å²) in [5, 5.41) is 12.3. The Morgan fingerprint density at radius 3 is 3.00 bits per heavy atom. The van der Waals surface area contributed by atoms with Crippen LogP contribution in [0.1, 0.15) is 43.2 Å². The van der Waals surface area contributed by atoms with E-state index in [0.717, 1.165) is 37.5 Å². The van der Waals surface area contributed by atoms with Gasteiger partial charge in [0, 0.05) is 11.8 Å². The number of rotatable bonds is 3. The number of oxazole rings is 1. The van der Waals surface area contributed by atoms with Crippen LogP contribution in [0.4, 0.5) is 0 Å². The number of aliphatic hydroxyl groups excluding tert-OH is 1. The molecule has 4 heteroatoms. The topological polar surface area (TPSA) is 58.3 Å². The smallest absolute Gasteiger partial charge is 0.197 e. The van der Waals surface area contributed by atoms with Crippen LogP contribution >= 0.6 is 0 Å². The Morgan fingerprint density at radius 1 is 1.60 bits per heavy atom. The van der Waals surface area contributed by atoms with Crippen LogP contribution in [0.2, 0.25) is 0 Å². The molecule has 1 unspecified atom stereocenters. The van der Waals surface area contributed by atoms with Gasteiger partial charge in [-0.05, 0) is 25.9 Å². The van der Waals surface area contributed by atoms with Gasteiger partial charge in [-0.3, -0.25) is 0 Å². The molecule has 1 atom stereocenters. The quantitative estimate of drug-likeness (QED) is 0.788. The van der Waals surface area contributed by atoms with Crippen molar-refractivity contribution in [3.05, 3.63) is 17.8 Å². The first-order valence-electron chi connectivity index (χ1n) is 5.58. The van der Waals surface area contributed by atoms with Crippen molar-refractivity contribution >= 4 is 0 Å². The number of piperidine rings is 1. The van der Waals surface area contributed by atoms with Crippen molar-refractivity contribution in [1.82, 2.24) is 10.3 Å². The van der Waals surface area contributed by atoms with E-state index in [1.54, 1.807) is 6.26 Å². The molecule has 2 rings (SSSR count). The molecule has 15 heavy (non-hydrogen) atoms. The maximum Gasteiger partial charge on any atom is 0.197 e. The van der Waals surface area contributed by atoms with E-state index in [2.05, 4.69) is 10.3 Å². The molecule has 1 aromatic rings. The summed E-state index contributed by atoms with van der Waals surface area (Å²) in [5.41, 5.74) is 0.867. The fraction of sp³-hybridized carbons (Fsp3) is 0.727. The molecule has 0 radical (unpaired) electrons. The average molecular weight is 210 g/mol. The lowest BCUT2D eigenvalue weighted by atomic mass is 9.98. The summed E-state index contributed by atoms with van der Waals surface area (Å²) in [5.74, 6) is 1.36. The zero-order valence-electron chi connectivity index (χ0n) is 9.07. The van der Waals surface area contributed by atoms with E-state index in [0.29, 0.717) is 5.92 Å². The van der Waals surface area contributed by atoms with Crippen molar-refractivity contribution in [2.45, 2.75) is 31.6 Å². The third-order valence-corrected chi connectivity index (χ3v) is 3.01. The Bertz CT molecular complexity index is 305. The standard InChI is InChI=1S/C11H18N2O2/c1-8(6-14)10-7-15-11(13-10)9-2-4-12-5-3-9/h7-9,12,14H,2-6H2,1H3. The molecule has 1 fully saturated rings. The first kappa shape index (κ1) is 10.6. The fourth-order valence-electron chi connectivity index (χ4n) is 1.88. The molecule has 4 nitrogen and oxygen atoms in total. The minimum atomic E-state index is 0.0733. The van der Waals surface area contributed by atoms with Crippen LogP contribution in [-0.2, 0) is 0 Å². The van der Waals surface area contributed by atoms with Crippen LogP contribution in [0.25, 0.3) is 0 Å². The highest BCUT2D eigenvalue weighted by molar-refractivity contribution is 5.06. The predicted octanol–water partition coefficient (Wildman–Crippen LogP) is 1.24. The third-order valence-electron chi connectivity index (χ3n) is 3.01. The van der Waals surface area contributed by atoms with Gasteiger partial charge in [0.25, 0.3) is 0 Å². The molecule has 0 amide bonds. The summed E-state index contributed by atoms with van der Waals surface area (Å²) in [6, 6.07) is 0. The van der Waals surface area contributed by atoms with Gasteiger partial charge in [-0.2, -0.15) is 0 Å². The van der Waals surface area contributed by atoms with E-state index < -0.39 is 0 Å². The number of hydrogen-bond acceptors (Lipinski definition) is 4. The lowest BCUT2D eigenvalue weighted by molar-refractivity contribution is 0.271. The second-order valence-electron chi connectivity index (χ2n) is 4.22. The van der Waals surface area contributed by atoms with Gasteiger partial charge < -0.3 is 14.8 Å². The van der Waals surface area contributed by atoms with E-state index in [1.165, 1.54) is 0 Å². The number of hydrogen-bond donors (Lipinski definition) is 2. The molecule has 84 valence electrons. The minimum Gasteiger partial charge on any atom is -0.448 e. The van der Waals surface area contributed by atoms with Crippen LogP contribution < -0.4 is 5.32 Å². The van der Waals surface area contributed by atoms with Crippen molar-refractivity contribution in [2.24, 2.45) is 0 Å². The number of aromatic nitrogens is 1. The van der Waals surface area contributed by atoms with E-state index in [4.69, 9.17) is 9.52 Å². The Balaban J connectivity index is 2.05. The van der Waals surface area contributed by atoms with Crippen molar-refractivity contribution in [1.29, 1.82) is 0 Å². The molecular weight excluding hydrogens is 192 g/mol. The van der Waals surface area contributed by atoms with Gasteiger partial charge in [0.1, 0.15) is 6.26 Å². The highest BCUT2D eigenvalue weighted by Gasteiger charge is 2.21. The second kappa shape index (κ2) is 4.77. The molecule has 0 aliphatic carbocycles. The Kier molecular flexibility index (Phi) is 3.38. The normalized spacial score (nSPS) is 20.4. The summed E-state index contributed by atoms with van der Waals surface area (Å²) in [7, 11) is 0. The number of aliphatic hydroxyl groups is 1. The van der Waals surface area contributed by atoms with Gasteiger partial charge >= 0.3 is 0 Å².